The van der Waals surface area contributed by atoms with Crippen LogP contribution in [0, 0.1) is 6.92 Å². The normalized spacial score (nSPS) is 17.5. The highest BCUT2D eigenvalue weighted by Gasteiger charge is 2.20. The molecule has 0 bridgehead atoms. The fourth-order valence-corrected chi connectivity index (χ4v) is 1.78. The fourth-order valence-electron chi connectivity index (χ4n) is 1.78. The molecule has 98 valence electrons. The molecule has 5 nitrogen and oxygen atoms in total. The van der Waals surface area contributed by atoms with Gasteiger partial charge in [-0.05, 0) is 24.6 Å². The van der Waals surface area contributed by atoms with Gasteiger partial charge in [0.1, 0.15) is 12.7 Å². The third kappa shape index (κ3) is 3.37. The summed E-state index contributed by atoms with van der Waals surface area (Å²) < 4.78 is 11.4. The second-order valence-electron chi connectivity index (χ2n) is 4.35. The zero-order chi connectivity index (χ0) is 13.0. The van der Waals surface area contributed by atoms with E-state index in [0.29, 0.717) is 19.7 Å². The smallest absolute Gasteiger partial charge is 0.304 e. The molecule has 1 atom stereocenters. The Labute approximate surface area is 106 Å². The number of rotatable bonds is 5. The first kappa shape index (κ1) is 12.7. The molecule has 0 saturated heterocycles. The monoisotopic (exact) mass is 251 g/mol. The minimum Gasteiger partial charge on any atom is -0.486 e. The number of ether oxygens (including phenoxy) is 2. The number of aliphatic carboxylic acids is 1. The maximum absolute atomic E-state index is 10.4. The van der Waals surface area contributed by atoms with Crippen LogP contribution in [0.25, 0.3) is 0 Å². The molecule has 1 aromatic rings. The van der Waals surface area contributed by atoms with Crippen LogP contribution >= 0.6 is 0 Å². The number of aryl methyl sites for hydroxylation is 1. The Morgan fingerprint density at radius 2 is 2.33 bits per heavy atom. The molecular formula is C13H17NO4. The Hall–Kier alpha value is -1.75. The largest absolute Gasteiger partial charge is 0.486 e. The maximum atomic E-state index is 10.4. The molecule has 1 aliphatic heterocycles. The molecule has 0 saturated carbocycles. The summed E-state index contributed by atoms with van der Waals surface area (Å²) in [6, 6.07) is 5.82. The second-order valence-corrected chi connectivity index (χ2v) is 4.35. The summed E-state index contributed by atoms with van der Waals surface area (Å²) >= 11 is 0. The molecule has 1 unspecified atom stereocenters. The van der Waals surface area contributed by atoms with E-state index >= 15 is 0 Å². The maximum Gasteiger partial charge on any atom is 0.304 e. The van der Waals surface area contributed by atoms with Crippen LogP contribution < -0.4 is 14.8 Å². The molecule has 0 aliphatic carbocycles. The van der Waals surface area contributed by atoms with Crippen LogP contribution in [0.2, 0.25) is 0 Å². The van der Waals surface area contributed by atoms with Gasteiger partial charge in [-0.25, -0.2) is 0 Å². The summed E-state index contributed by atoms with van der Waals surface area (Å²) in [5.41, 5.74) is 1.13. The Bertz CT molecular complexity index is 433. The van der Waals surface area contributed by atoms with Crippen LogP contribution in [0.1, 0.15) is 12.0 Å². The summed E-state index contributed by atoms with van der Waals surface area (Å²) in [6.07, 6.45) is 0.0394. The minimum atomic E-state index is -0.802. The van der Waals surface area contributed by atoms with E-state index in [4.69, 9.17) is 14.6 Å². The van der Waals surface area contributed by atoms with Crippen LogP contribution in [0.4, 0.5) is 0 Å². The molecular weight excluding hydrogens is 234 g/mol. The molecule has 1 aliphatic rings. The van der Waals surface area contributed by atoms with Gasteiger partial charge in [-0.2, -0.15) is 0 Å². The van der Waals surface area contributed by atoms with Crippen molar-refractivity contribution in [3.63, 3.8) is 0 Å². The van der Waals surface area contributed by atoms with E-state index in [1.807, 2.05) is 25.1 Å². The number of hydrogen-bond donors (Lipinski definition) is 2. The second kappa shape index (κ2) is 5.73. The van der Waals surface area contributed by atoms with Crippen LogP contribution in [0.3, 0.4) is 0 Å². The molecule has 1 heterocycles. The van der Waals surface area contributed by atoms with E-state index in [1.165, 1.54) is 0 Å². The van der Waals surface area contributed by atoms with Gasteiger partial charge in [-0.1, -0.05) is 6.07 Å². The average Bonchev–Trinajstić information content (AvgIpc) is 2.34. The molecule has 2 rings (SSSR count). The van der Waals surface area contributed by atoms with Crippen LogP contribution in [0.15, 0.2) is 18.2 Å². The third-order valence-electron chi connectivity index (χ3n) is 2.71. The summed E-state index contributed by atoms with van der Waals surface area (Å²) in [4.78, 5) is 10.4. The van der Waals surface area contributed by atoms with E-state index in [0.717, 1.165) is 17.1 Å². The van der Waals surface area contributed by atoms with E-state index < -0.39 is 5.97 Å². The van der Waals surface area contributed by atoms with Crippen molar-refractivity contribution >= 4 is 5.97 Å². The molecule has 5 heteroatoms. The Morgan fingerprint density at radius 1 is 1.50 bits per heavy atom. The molecule has 0 spiro atoms. The number of fused-ring (bicyclic) bond motifs is 1. The number of carboxylic acids is 1. The van der Waals surface area contributed by atoms with Gasteiger partial charge in [0.05, 0.1) is 6.42 Å². The SMILES string of the molecule is Cc1ccc2c(c1)OCC(CNCCC(=O)O)O2. The van der Waals surface area contributed by atoms with Gasteiger partial charge in [0.2, 0.25) is 0 Å². The summed E-state index contributed by atoms with van der Waals surface area (Å²) in [7, 11) is 0. The highest BCUT2D eigenvalue weighted by molar-refractivity contribution is 5.66. The van der Waals surface area contributed by atoms with Crippen molar-refractivity contribution < 1.29 is 19.4 Å². The zero-order valence-electron chi connectivity index (χ0n) is 10.3. The highest BCUT2D eigenvalue weighted by atomic mass is 16.6. The minimum absolute atomic E-state index is 0.0750. The van der Waals surface area contributed by atoms with Crippen molar-refractivity contribution in [1.82, 2.24) is 5.32 Å². The quantitative estimate of drug-likeness (QED) is 0.770. The van der Waals surface area contributed by atoms with Gasteiger partial charge in [-0.15, -0.1) is 0 Å². The first-order valence-electron chi connectivity index (χ1n) is 5.98. The summed E-state index contributed by atoms with van der Waals surface area (Å²) in [5, 5.41) is 11.6. The van der Waals surface area contributed by atoms with Gasteiger partial charge in [-0.3, -0.25) is 4.79 Å². The number of carbonyl (C=O) groups is 1. The molecule has 0 fully saturated rings. The lowest BCUT2D eigenvalue weighted by Crippen LogP contribution is -2.39. The Morgan fingerprint density at radius 3 is 3.11 bits per heavy atom. The molecule has 0 amide bonds. The van der Waals surface area contributed by atoms with Crippen molar-refractivity contribution in [1.29, 1.82) is 0 Å². The summed E-state index contributed by atoms with van der Waals surface area (Å²) in [6.45, 7) is 3.51. The van der Waals surface area contributed by atoms with Crippen LogP contribution in [0.5, 0.6) is 11.5 Å². The predicted octanol–water partition coefficient (Wildman–Crippen LogP) is 1.20. The van der Waals surface area contributed by atoms with Crippen molar-refractivity contribution in [3.8, 4) is 11.5 Å². The van der Waals surface area contributed by atoms with E-state index in [-0.39, 0.29) is 12.5 Å². The van der Waals surface area contributed by atoms with Crippen molar-refractivity contribution in [3.05, 3.63) is 23.8 Å². The number of nitrogens with one attached hydrogen (secondary N) is 1. The lowest BCUT2D eigenvalue weighted by Gasteiger charge is -2.26. The van der Waals surface area contributed by atoms with Crippen molar-refractivity contribution in [2.45, 2.75) is 19.4 Å². The lowest BCUT2D eigenvalue weighted by atomic mass is 10.2. The first-order valence-corrected chi connectivity index (χ1v) is 5.98. The first-order chi connectivity index (χ1) is 8.65. The Kier molecular flexibility index (Phi) is 4.04. The zero-order valence-corrected chi connectivity index (χ0v) is 10.3. The molecule has 1 aromatic carbocycles. The van der Waals surface area contributed by atoms with Crippen LogP contribution in [-0.2, 0) is 4.79 Å². The average molecular weight is 251 g/mol. The number of carboxylic acid groups (broad SMARTS) is 1. The Balaban J connectivity index is 1.81. The molecule has 0 aromatic heterocycles. The van der Waals surface area contributed by atoms with Gasteiger partial charge < -0.3 is 19.9 Å². The van der Waals surface area contributed by atoms with Crippen LogP contribution in [-0.4, -0.2) is 36.9 Å². The van der Waals surface area contributed by atoms with Crippen molar-refractivity contribution in [2.75, 3.05) is 19.7 Å². The highest BCUT2D eigenvalue weighted by Crippen LogP contribution is 2.32. The van der Waals surface area contributed by atoms with E-state index in [2.05, 4.69) is 5.32 Å². The van der Waals surface area contributed by atoms with Gasteiger partial charge >= 0.3 is 5.97 Å². The van der Waals surface area contributed by atoms with Gasteiger partial charge in [0, 0.05) is 13.1 Å². The van der Waals surface area contributed by atoms with E-state index in [9.17, 15) is 4.79 Å². The van der Waals surface area contributed by atoms with Gasteiger partial charge in [0.15, 0.2) is 11.5 Å². The molecule has 2 N–H and O–H groups in total. The fraction of sp³-hybridized carbons (Fsp3) is 0.462. The third-order valence-corrected chi connectivity index (χ3v) is 2.71. The molecule has 0 radical (unpaired) electrons. The summed E-state index contributed by atoms with van der Waals surface area (Å²) in [5.74, 6) is 0.720. The van der Waals surface area contributed by atoms with E-state index in [1.54, 1.807) is 0 Å². The molecule has 18 heavy (non-hydrogen) atoms. The number of hydrogen-bond acceptors (Lipinski definition) is 4. The standard InChI is InChI=1S/C13H17NO4/c1-9-2-3-11-12(6-9)17-8-10(18-11)7-14-5-4-13(15)16/h2-3,6,10,14H,4-5,7-8H2,1H3,(H,15,16). The van der Waals surface area contributed by atoms with Gasteiger partial charge in [0.25, 0.3) is 0 Å². The lowest BCUT2D eigenvalue weighted by molar-refractivity contribution is -0.136. The topological polar surface area (TPSA) is 67.8 Å². The number of benzene rings is 1. The van der Waals surface area contributed by atoms with Crippen molar-refractivity contribution in [2.24, 2.45) is 0 Å². The predicted molar refractivity (Wildman–Crippen MR) is 66.2 cm³/mol.